The molecule has 6 nitrogen and oxygen atoms in total. The molecule has 2 aromatic rings. The maximum absolute atomic E-state index is 11.1. The summed E-state index contributed by atoms with van der Waals surface area (Å²) in [6.45, 7) is 0.528. The van der Waals surface area contributed by atoms with Crippen molar-refractivity contribution in [3.8, 4) is 0 Å². The zero-order chi connectivity index (χ0) is 16.2. The summed E-state index contributed by atoms with van der Waals surface area (Å²) in [7, 11) is 0. The fourth-order valence-electron chi connectivity index (χ4n) is 1.35. The molecule has 0 aliphatic heterocycles. The molecule has 0 unspecified atom stereocenters. The van der Waals surface area contributed by atoms with Crippen LogP contribution in [0.5, 0.6) is 0 Å². The average Bonchev–Trinajstić information content (AvgIpc) is 2.57. The van der Waals surface area contributed by atoms with Gasteiger partial charge in [-0.2, -0.15) is 4.89 Å². The SMILES string of the molecule is NCCOOC(=O)c1ccccc1.O=C(O)c1ccccc1. The van der Waals surface area contributed by atoms with Crippen LogP contribution in [0.1, 0.15) is 20.7 Å². The fraction of sp³-hybridized carbons (Fsp3) is 0.125. The van der Waals surface area contributed by atoms with Gasteiger partial charge >= 0.3 is 11.9 Å². The maximum Gasteiger partial charge on any atom is 0.373 e. The summed E-state index contributed by atoms with van der Waals surface area (Å²) in [4.78, 5) is 30.3. The molecule has 0 amide bonds. The van der Waals surface area contributed by atoms with E-state index < -0.39 is 11.9 Å². The molecule has 0 saturated carbocycles. The summed E-state index contributed by atoms with van der Waals surface area (Å²) < 4.78 is 0. The second-order valence-electron chi connectivity index (χ2n) is 4.02. The number of carboxylic acids is 1. The largest absolute Gasteiger partial charge is 0.478 e. The number of carboxylic acid groups (broad SMARTS) is 1. The Morgan fingerprint density at radius 3 is 1.82 bits per heavy atom. The van der Waals surface area contributed by atoms with Gasteiger partial charge in [0.1, 0.15) is 6.61 Å². The monoisotopic (exact) mass is 303 g/mol. The van der Waals surface area contributed by atoms with E-state index in [0.717, 1.165) is 0 Å². The number of nitrogens with two attached hydrogens (primary N) is 1. The van der Waals surface area contributed by atoms with Crippen LogP contribution in [0.4, 0.5) is 0 Å². The lowest BCUT2D eigenvalue weighted by Crippen LogP contribution is -2.12. The first-order chi connectivity index (χ1) is 10.6. The third kappa shape index (κ3) is 6.65. The van der Waals surface area contributed by atoms with Gasteiger partial charge in [0.15, 0.2) is 0 Å². The minimum atomic E-state index is -0.879. The van der Waals surface area contributed by atoms with E-state index in [2.05, 4.69) is 9.78 Å². The number of carbonyl (C=O) groups excluding carboxylic acids is 1. The zero-order valence-electron chi connectivity index (χ0n) is 11.8. The average molecular weight is 303 g/mol. The summed E-state index contributed by atoms with van der Waals surface area (Å²) in [6.07, 6.45) is 0. The minimum Gasteiger partial charge on any atom is -0.478 e. The highest BCUT2D eigenvalue weighted by atomic mass is 17.2. The van der Waals surface area contributed by atoms with Crippen molar-refractivity contribution in [3.05, 3.63) is 71.8 Å². The van der Waals surface area contributed by atoms with E-state index >= 15 is 0 Å². The first-order valence-corrected chi connectivity index (χ1v) is 6.52. The van der Waals surface area contributed by atoms with Gasteiger partial charge in [-0.1, -0.05) is 36.4 Å². The van der Waals surface area contributed by atoms with E-state index in [1.807, 2.05) is 6.07 Å². The van der Waals surface area contributed by atoms with Crippen molar-refractivity contribution in [2.24, 2.45) is 5.73 Å². The molecule has 0 radical (unpaired) electrons. The molecule has 0 heterocycles. The van der Waals surface area contributed by atoms with Crippen molar-refractivity contribution >= 4 is 11.9 Å². The highest BCUT2D eigenvalue weighted by Crippen LogP contribution is 2.00. The Kier molecular flexibility index (Phi) is 7.96. The molecular formula is C16H17NO5. The van der Waals surface area contributed by atoms with Crippen LogP contribution in [-0.4, -0.2) is 30.2 Å². The van der Waals surface area contributed by atoms with Gasteiger partial charge in [-0.05, 0) is 24.3 Å². The van der Waals surface area contributed by atoms with Crippen molar-refractivity contribution < 1.29 is 24.5 Å². The van der Waals surface area contributed by atoms with Crippen LogP contribution in [0.3, 0.4) is 0 Å². The second kappa shape index (κ2) is 10.1. The third-order valence-corrected chi connectivity index (χ3v) is 2.37. The topological polar surface area (TPSA) is 98.9 Å². The normalized spacial score (nSPS) is 9.32. The predicted molar refractivity (Wildman–Crippen MR) is 80.3 cm³/mol. The maximum atomic E-state index is 11.1. The van der Waals surface area contributed by atoms with Crippen molar-refractivity contribution in [2.45, 2.75) is 0 Å². The fourth-order valence-corrected chi connectivity index (χ4v) is 1.35. The number of benzene rings is 2. The van der Waals surface area contributed by atoms with Gasteiger partial charge in [-0.25, -0.2) is 9.59 Å². The van der Waals surface area contributed by atoms with E-state index in [1.54, 1.807) is 54.6 Å². The highest BCUT2D eigenvalue weighted by Gasteiger charge is 2.05. The van der Waals surface area contributed by atoms with Gasteiger partial charge in [-0.15, -0.1) is 0 Å². The zero-order valence-corrected chi connectivity index (χ0v) is 11.8. The Labute approximate surface area is 128 Å². The van der Waals surface area contributed by atoms with Crippen LogP contribution in [0.15, 0.2) is 60.7 Å². The summed E-state index contributed by atoms with van der Waals surface area (Å²) in [6, 6.07) is 16.9. The van der Waals surface area contributed by atoms with Gasteiger partial charge < -0.3 is 10.8 Å². The van der Waals surface area contributed by atoms with Gasteiger partial charge in [0, 0.05) is 6.54 Å². The Morgan fingerprint density at radius 1 is 0.909 bits per heavy atom. The molecule has 0 fully saturated rings. The second-order valence-corrected chi connectivity index (χ2v) is 4.02. The molecule has 2 rings (SSSR count). The van der Waals surface area contributed by atoms with Crippen LogP contribution < -0.4 is 5.73 Å². The summed E-state index contributed by atoms with van der Waals surface area (Å²) >= 11 is 0. The molecular weight excluding hydrogens is 286 g/mol. The van der Waals surface area contributed by atoms with Crippen molar-refractivity contribution in [3.63, 3.8) is 0 Å². The summed E-state index contributed by atoms with van der Waals surface area (Å²) in [5, 5.41) is 8.38. The number of carbonyl (C=O) groups is 2. The Hall–Kier alpha value is -2.70. The highest BCUT2D eigenvalue weighted by molar-refractivity contribution is 5.88. The van der Waals surface area contributed by atoms with Crippen LogP contribution in [0, 0.1) is 0 Å². The molecule has 0 bridgehead atoms. The minimum absolute atomic E-state index is 0.207. The predicted octanol–water partition coefficient (Wildman–Crippen LogP) is 2.12. The molecule has 0 aliphatic carbocycles. The molecule has 0 spiro atoms. The Bertz CT molecular complexity index is 572. The third-order valence-electron chi connectivity index (χ3n) is 2.37. The van der Waals surface area contributed by atoms with Crippen LogP contribution >= 0.6 is 0 Å². The lowest BCUT2D eigenvalue weighted by Gasteiger charge is -2.01. The molecule has 22 heavy (non-hydrogen) atoms. The number of hydrogen-bond acceptors (Lipinski definition) is 5. The Morgan fingerprint density at radius 2 is 1.41 bits per heavy atom. The Balaban J connectivity index is 0.000000235. The van der Waals surface area contributed by atoms with Gasteiger partial charge in [0.25, 0.3) is 0 Å². The summed E-state index contributed by atoms with van der Waals surface area (Å²) in [5.41, 5.74) is 5.93. The number of aromatic carboxylic acids is 1. The van der Waals surface area contributed by atoms with E-state index in [4.69, 9.17) is 10.8 Å². The van der Waals surface area contributed by atoms with Crippen molar-refractivity contribution in [1.29, 1.82) is 0 Å². The molecule has 3 N–H and O–H groups in total. The molecule has 6 heteroatoms. The van der Waals surface area contributed by atoms with Crippen LogP contribution in [-0.2, 0) is 9.78 Å². The molecule has 0 aromatic heterocycles. The molecule has 116 valence electrons. The lowest BCUT2D eigenvalue weighted by molar-refractivity contribution is -0.238. The molecule has 0 saturated heterocycles. The molecule has 0 atom stereocenters. The number of rotatable bonds is 5. The summed E-state index contributed by atoms with van der Waals surface area (Å²) in [5.74, 6) is -1.38. The molecule has 0 aliphatic rings. The van der Waals surface area contributed by atoms with Gasteiger partial charge in [0.05, 0.1) is 11.1 Å². The van der Waals surface area contributed by atoms with Gasteiger partial charge in [-0.3, -0.25) is 4.89 Å². The van der Waals surface area contributed by atoms with Crippen LogP contribution in [0.25, 0.3) is 0 Å². The van der Waals surface area contributed by atoms with Crippen LogP contribution in [0.2, 0.25) is 0 Å². The standard InChI is InChI=1S/C9H11NO3.C7H6O2/c10-6-7-12-13-9(11)8-4-2-1-3-5-8;8-7(9)6-4-2-1-3-5-6/h1-5H,6-7,10H2;1-5H,(H,8,9). The molecule has 2 aromatic carbocycles. The van der Waals surface area contributed by atoms with E-state index in [-0.39, 0.29) is 6.61 Å². The quantitative estimate of drug-likeness (QED) is 0.498. The van der Waals surface area contributed by atoms with Crippen molar-refractivity contribution in [1.82, 2.24) is 0 Å². The van der Waals surface area contributed by atoms with E-state index in [1.165, 1.54) is 0 Å². The first-order valence-electron chi connectivity index (χ1n) is 6.52. The van der Waals surface area contributed by atoms with E-state index in [9.17, 15) is 9.59 Å². The first kappa shape index (κ1) is 17.4. The van der Waals surface area contributed by atoms with E-state index in [0.29, 0.717) is 17.7 Å². The smallest absolute Gasteiger partial charge is 0.373 e. The number of hydrogen-bond donors (Lipinski definition) is 2. The lowest BCUT2D eigenvalue weighted by atomic mass is 10.2. The van der Waals surface area contributed by atoms with Gasteiger partial charge in [0.2, 0.25) is 0 Å². The van der Waals surface area contributed by atoms with Crippen molar-refractivity contribution in [2.75, 3.05) is 13.2 Å².